The van der Waals surface area contributed by atoms with Crippen LogP contribution in [0.1, 0.15) is 17.4 Å². The number of oxazole rings is 1. The Kier molecular flexibility index (Phi) is 4.74. The number of esters is 1. The van der Waals surface area contributed by atoms with Gasteiger partial charge in [0.1, 0.15) is 5.82 Å². The number of halogens is 1. The van der Waals surface area contributed by atoms with E-state index in [-0.39, 0.29) is 35.2 Å². The zero-order valence-corrected chi connectivity index (χ0v) is 13.6. The summed E-state index contributed by atoms with van der Waals surface area (Å²) in [5.74, 6) is -1.44. The van der Waals surface area contributed by atoms with Crippen molar-refractivity contribution in [2.75, 3.05) is 6.61 Å². The highest BCUT2D eigenvalue weighted by molar-refractivity contribution is 5.95. The number of carbonyl (C=O) groups excluding carboxylic acids is 1. The van der Waals surface area contributed by atoms with Crippen LogP contribution in [0.25, 0.3) is 22.8 Å². The molecule has 3 rings (SSSR count). The Morgan fingerprint density at radius 2 is 2.04 bits per heavy atom. The van der Waals surface area contributed by atoms with E-state index >= 15 is 0 Å². The molecule has 0 unspecified atom stereocenters. The van der Waals surface area contributed by atoms with Crippen molar-refractivity contribution >= 4 is 11.7 Å². The quantitative estimate of drug-likeness (QED) is 0.386. The molecule has 0 spiro atoms. The maximum Gasteiger partial charge on any atom is 0.361 e. The average Bonchev–Trinajstić information content (AvgIpc) is 3.07. The smallest absolute Gasteiger partial charge is 0.361 e. The Bertz CT molecular complexity index is 983. The van der Waals surface area contributed by atoms with Gasteiger partial charge >= 0.3 is 5.97 Å². The zero-order chi connectivity index (χ0) is 18.7. The van der Waals surface area contributed by atoms with E-state index in [0.29, 0.717) is 5.56 Å². The van der Waals surface area contributed by atoms with Gasteiger partial charge in [-0.2, -0.15) is 0 Å². The lowest BCUT2D eigenvalue weighted by Gasteiger charge is -2.02. The van der Waals surface area contributed by atoms with Crippen LogP contribution < -0.4 is 0 Å². The standard InChI is InChI=1S/C18H13FN2O5/c1-2-25-18(22)15-16(13-8-3-4-9-14(13)21(23)24)26-17(20-15)11-6-5-7-12(19)10-11/h3-10H,2H2,1H3. The van der Waals surface area contributed by atoms with Gasteiger partial charge in [-0.15, -0.1) is 0 Å². The second-order valence-corrected chi connectivity index (χ2v) is 5.20. The lowest BCUT2D eigenvalue weighted by Crippen LogP contribution is -2.07. The van der Waals surface area contributed by atoms with Crippen LogP contribution in [0.15, 0.2) is 52.9 Å². The van der Waals surface area contributed by atoms with Crippen molar-refractivity contribution < 1.29 is 23.3 Å². The van der Waals surface area contributed by atoms with Gasteiger partial charge in [-0.25, -0.2) is 14.2 Å². The van der Waals surface area contributed by atoms with Crippen molar-refractivity contribution in [3.8, 4) is 22.8 Å². The molecule has 0 saturated carbocycles. The van der Waals surface area contributed by atoms with Crippen molar-refractivity contribution in [3.05, 3.63) is 70.2 Å². The van der Waals surface area contributed by atoms with E-state index in [4.69, 9.17) is 9.15 Å². The summed E-state index contributed by atoms with van der Waals surface area (Å²) in [7, 11) is 0. The Morgan fingerprint density at radius 1 is 1.27 bits per heavy atom. The number of ether oxygens (including phenoxy) is 1. The summed E-state index contributed by atoms with van der Waals surface area (Å²) in [4.78, 5) is 27.0. The Labute approximate surface area is 147 Å². The lowest BCUT2D eigenvalue weighted by molar-refractivity contribution is -0.384. The third-order valence-corrected chi connectivity index (χ3v) is 3.51. The molecule has 7 nitrogen and oxygen atoms in total. The van der Waals surface area contributed by atoms with Crippen molar-refractivity contribution in [1.29, 1.82) is 0 Å². The molecule has 1 aromatic heterocycles. The van der Waals surface area contributed by atoms with Crippen LogP contribution in [0.2, 0.25) is 0 Å². The maximum atomic E-state index is 13.5. The summed E-state index contributed by atoms with van der Waals surface area (Å²) >= 11 is 0. The van der Waals surface area contributed by atoms with E-state index in [2.05, 4.69) is 4.98 Å². The predicted octanol–water partition coefficient (Wildman–Crippen LogP) is 4.23. The molecule has 0 aliphatic rings. The van der Waals surface area contributed by atoms with Gasteiger partial charge in [-0.1, -0.05) is 18.2 Å². The molecule has 1 heterocycles. The minimum atomic E-state index is -0.785. The zero-order valence-electron chi connectivity index (χ0n) is 13.6. The topological polar surface area (TPSA) is 95.5 Å². The molecule has 0 saturated heterocycles. The van der Waals surface area contributed by atoms with Crippen LogP contribution in [0, 0.1) is 15.9 Å². The Balaban J connectivity index is 2.21. The van der Waals surface area contributed by atoms with E-state index < -0.39 is 16.7 Å². The number of hydrogen-bond donors (Lipinski definition) is 0. The molecule has 0 fully saturated rings. The third kappa shape index (κ3) is 3.30. The summed E-state index contributed by atoms with van der Waals surface area (Å²) in [6, 6.07) is 11.2. The molecule has 2 aromatic carbocycles. The fourth-order valence-electron chi connectivity index (χ4n) is 2.41. The first-order valence-corrected chi connectivity index (χ1v) is 7.69. The number of aromatic nitrogens is 1. The first-order valence-electron chi connectivity index (χ1n) is 7.69. The number of nitrogens with zero attached hydrogens (tertiary/aromatic N) is 2. The van der Waals surface area contributed by atoms with Gasteiger partial charge < -0.3 is 9.15 Å². The van der Waals surface area contributed by atoms with Gasteiger partial charge in [0.2, 0.25) is 5.89 Å². The monoisotopic (exact) mass is 356 g/mol. The molecule has 0 aliphatic heterocycles. The highest BCUT2D eigenvalue weighted by atomic mass is 19.1. The van der Waals surface area contributed by atoms with E-state index in [0.717, 1.165) is 0 Å². The second kappa shape index (κ2) is 7.14. The number of nitro groups is 1. The fourth-order valence-corrected chi connectivity index (χ4v) is 2.41. The molecular formula is C18H13FN2O5. The van der Waals surface area contributed by atoms with Crippen LogP contribution in [0.3, 0.4) is 0 Å². The van der Waals surface area contributed by atoms with Crippen molar-refractivity contribution in [2.45, 2.75) is 6.92 Å². The largest absolute Gasteiger partial charge is 0.461 e. The molecule has 132 valence electrons. The molecule has 0 bridgehead atoms. The van der Waals surface area contributed by atoms with E-state index in [9.17, 15) is 19.3 Å². The summed E-state index contributed by atoms with van der Waals surface area (Å²) in [6.07, 6.45) is 0. The van der Waals surface area contributed by atoms with Gasteiger partial charge in [0.05, 0.1) is 17.1 Å². The van der Waals surface area contributed by atoms with Crippen LogP contribution in [0.5, 0.6) is 0 Å². The fraction of sp³-hybridized carbons (Fsp3) is 0.111. The van der Waals surface area contributed by atoms with E-state index in [1.165, 1.54) is 36.4 Å². The number of carbonyl (C=O) groups is 1. The van der Waals surface area contributed by atoms with Gasteiger partial charge in [-0.3, -0.25) is 10.1 Å². The molecule has 3 aromatic rings. The third-order valence-electron chi connectivity index (χ3n) is 3.51. The molecule has 26 heavy (non-hydrogen) atoms. The molecule has 8 heteroatoms. The van der Waals surface area contributed by atoms with E-state index in [1.54, 1.807) is 19.1 Å². The van der Waals surface area contributed by atoms with Gasteiger partial charge in [0, 0.05) is 11.6 Å². The lowest BCUT2D eigenvalue weighted by atomic mass is 10.1. The minimum absolute atomic E-state index is 0.0410. The van der Waals surface area contributed by atoms with Crippen LogP contribution in [-0.2, 0) is 4.74 Å². The SMILES string of the molecule is CCOC(=O)c1nc(-c2cccc(F)c2)oc1-c1ccccc1[N+](=O)[O-]. The highest BCUT2D eigenvalue weighted by Gasteiger charge is 2.28. The first-order chi connectivity index (χ1) is 12.5. The molecular weight excluding hydrogens is 343 g/mol. The van der Waals surface area contributed by atoms with Gasteiger partial charge in [0.15, 0.2) is 11.5 Å². The van der Waals surface area contributed by atoms with Crippen LogP contribution in [0.4, 0.5) is 10.1 Å². The van der Waals surface area contributed by atoms with Gasteiger partial charge in [-0.05, 0) is 31.2 Å². The highest BCUT2D eigenvalue weighted by Crippen LogP contribution is 2.35. The summed E-state index contributed by atoms with van der Waals surface area (Å²) in [5, 5.41) is 11.3. The number of rotatable bonds is 5. The van der Waals surface area contributed by atoms with E-state index in [1.807, 2.05) is 0 Å². The predicted molar refractivity (Wildman–Crippen MR) is 89.9 cm³/mol. The van der Waals surface area contributed by atoms with Crippen molar-refractivity contribution in [1.82, 2.24) is 4.98 Å². The van der Waals surface area contributed by atoms with Gasteiger partial charge in [0.25, 0.3) is 5.69 Å². The molecule has 0 amide bonds. The molecule has 0 aliphatic carbocycles. The molecule has 0 N–H and O–H groups in total. The summed E-state index contributed by atoms with van der Waals surface area (Å²) in [5.41, 5.74) is -0.0866. The minimum Gasteiger partial charge on any atom is -0.461 e. The average molecular weight is 356 g/mol. The number of hydrogen-bond acceptors (Lipinski definition) is 6. The molecule has 0 radical (unpaired) electrons. The number of para-hydroxylation sites is 1. The van der Waals surface area contributed by atoms with Crippen LogP contribution in [-0.4, -0.2) is 22.5 Å². The number of benzene rings is 2. The Hall–Kier alpha value is -3.55. The van der Waals surface area contributed by atoms with Crippen molar-refractivity contribution in [3.63, 3.8) is 0 Å². The summed E-state index contributed by atoms with van der Waals surface area (Å²) < 4.78 is 24.1. The number of nitro benzene ring substituents is 1. The first kappa shape index (κ1) is 17.3. The van der Waals surface area contributed by atoms with Crippen molar-refractivity contribution in [2.24, 2.45) is 0 Å². The second-order valence-electron chi connectivity index (χ2n) is 5.20. The Morgan fingerprint density at radius 3 is 2.73 bits per heavy atom. The normalized spacial score (nSPS) is 10.5. The summed E-state index contributed by atoms with van der Waals surface area (Å²) in [6.45, 7) is 1.72. The maximum absolute atomic E-state index is 13.5. The van der Waals surface area contributed by atoms with Crippen LogP contribution >= 0.6 is 0 Å². The molecule has 0 atom stereocenters.